The first kappa shape index (κ1) is 15.4. The predicted octanol–water partition coefficient (Wildman–Crippen LogP) is 0.198. The summed E-state index contributed by atoms with van der Waals surface area (Å²) in [6.45, 7) is 6.78. The van der Waals surface area contributed by atoms with Gasteiger partial charge in [0.05, 0.1) is 12.5 Å². The molecule has 18 heavy (non-hydrogen) atoms. The molecule has 1 fully saturated rings. The number of rotatable bonds is 8. The molecule has 0 saturated carbocycles. The maximum absolute atomic E-state index is 11.7. The molecule has 3 N–H and O–H groups in total. The minimum Gasteiger partial charge on any atom is -0.380 e. The zero-order valence-corrected chi connectivity index (χ0v) is 11.7. The summed E-state index contributed by atoms with van der Waals surface area (Å²) in [6.07, 6.45) is 2.80. The van der Waals surface area contributed by atoms with Gasteiger partial charge in [0.25, 0.3) is 0 Å². The van der Waals surface area contributed by atoms with E-state index < -0.39 is 0 Å². The van der Waals surface area contributed by atoms with Crippen LogP contribution in [0.4, 0.5) is 0 Å². The predicted molar refractivity (Wildman–Crippen MR) is 72.3 cm³/mol. The average Bonchev–Trinajstić information content (AvgIpc) is 2.86. The first-order valence-corrected chi connectivity index (χ1v) is 6.87. The molecule has 1 aliphatic heterocycles. The van der Waals surface area contributed by atoms with E-state index in [-0.39, 0.29) is 12.0 Å². The monoisotopic (exact) mass is 257 g/mol. The van der Waals surface area contributed by atoms with Crippen LogP contribution < -0.4 is 11.1 Å². The number of nitrogens with zero attached hydrogens (tertiary/aromatic N) is 1. The molecule has 2 atom stereocenters. The van der Waals surface area contributed by atoms with Crippen LogP contribution in [-0.2, 0) is 9.53 Å². The SMILES string of the molecule is COC(CN)CC(=O)NCC(C)CN1CCCC1. The Kier molecular flexibility index (Phi) is 7.23. The summed E-state index contributed by atoms with van der Waals surface area (Å²) in [5.74, 6) is 0.520. The van der Waals surface area contributed by atoms with Crippen LogP contribution >= 0.6 is 0 Å². The number of carbonyl (C=O) groups is 1. The van der Waals surface area contributed by atoms with Gasteiger partial charge in [-0.25, -0.2) is 0 Å². The van der Waals surface area contributed by atoms with Crippen molar-refractivity contribution in [1.29, 1.82) is 0 Å². The third-order valence-electron chi connectivity index (χ3n) is 3.43. The summed E-state index contributed by atoms with van der Waals surface area (Å²) in [4.78, 5) is 14.1. The molecule has 2 unspecified atom stereocenters. The van der Waals surface area contributed by atoms with Gasteiger partial charge in [-0.1, -0.05) is 6.92 Å². The fourth-order valence-electron chi connectivity index (χ4n) is 2.30. The molecule has 1 amide bonds. The Hall–Kier alpha value is -0.650. The molecule has 1 rings (SSSR count). The van der Waals surface area contributed by atoms with Gasteiger partial charge in [0.2, 0.25) is 5.91 Å². The van der Waals surface area contributed by atoms with Crippen molar-refractivity contribution in [2.45, 2.75) is 32.3 Å². The molecule has 0 bridgehead atoms. The molecule has 5 nitrogen and oxygen atoms in total. The first-order valence-electron chi connectivity index (χ1n) is 6.87. The number of nitrogens with one attached hydrogen (secondary N) is 1. The standard InChI is InChI=1S/C13H27N3O2/c1-11(10-16-5-3-4-6-16)9-15-13(17)7-12(8-14)18-2/h11-12H,3-10,14H2,1-2H3,(H,15,17). The van der Waals surface area contributed by atoms with E-state index in [0.29, 0.717) is 18.9 Å². The van der Waals surface area contributed by atoms with E-state index >= 15 is 0 Å². The molecule has 1 heterocycles. The molecule has 0 aliphatic carbocycles. The van der Waals surface area contributed by atoms with Crippen molar-refractivity contribution in [3.8, 4) is 0 Å². The fourth-order valence-corrected chi connectivity index (χ4v) is 2.30. The maximum atomic E-state index is 11.7. The van der Waals surface area contributed by atoms with E-state index in [9.17, 15) is 4.79 Å². The van der Waals surface area contributed by atoms with E-state index in [4.69, 9.17) is 10.5 Å². The fraction of sp³-hybridized carbons (Fsp3) is 0.923. The second-order valence-electron chi connectivity index (χ2n) is 5.21. The molecule has 1 saturated heterocycles. The second kappa shape index (κ2) is 8.45. The van der Waals surface area contributed by atoms with Crippen molar-refractivity contribution in [3.05, 3.63) is 0 Å². The third-order valence-corrected chi connectivity index (χ3v) is 3.43. The van der Waals surface area contributed by atoms with Gasteiger partial charge < -0.3 is 20.7 Å². The van der Waals surface area contributed by atoms with Gasteiger partial charge >= 0.3 is 0 Å². The van der Waals surface area contributed by atoms with Crippen LogP contribution in [0, 0.1) is 5.92 Å². The summed E-state index contributed by atoms with van der Waals surface area (Å²) in [6, 6.07) is 0. The Morgan fingerprint density at radius 3 is 2.67 bits per heavy atom. The van der Waals surface area contributed by atoms with E-state index in [1.165, 1.54) is 25.9 Å². The van der Waals surface area contributed by atoms with Crippen LogP contribution in [0.1, 0.15) is 26.2 Å². The lowest BCUT2D eigenvalue weighted by molar-refractivity contribution is -0.123. The van der Waals surface area contributed by atoms with E-state index in [1.54, 1.807) is 7.11 Å². The van der Waals surface area contributed by atoms with Gasteiger partial charge in [-0.05, 0) is 31.8 Å². The topological polar surface area (TPSA) is 67.6 Å². The molecule has 106 valence electrons. The van der Waals surface area contributed by atoms with E-state index in [2.05, 4.69) is 17.1 Å². The number of carbonyl (C=O) groups excluding carboxylic acids is 1. The highest BCUT2D eigenvalue weighted by Crippen LogP contribution is 2.09. The minimum absolute atomic E-state index is 0.0283. The molecule has 0 aromatic heterocycles. The van der Waals surface area contributed by atoms with Gasteiger partial charge in [0.1, 0.15) is 0 Å². The quantitative estimate of drug-likeness (QED) is 0.652. The summed E-state index contributed by atoms with van der Waals surface area (Å²) >= 11 is 0. The molecule has 0 spiro atoms. The van der Waals surface area contributed by atoms with Crippen molar-refractivity contribution < 1.29 is 9.53 Å². The minimum atomic E-state index is -0.168. The number of ether oxygens (including phenoxy) is 1. The molecule has 0 radical (unpaired) electrons. The Balaban J connectivity index is 2.12. The molecular weight excluding hydrogens is 230 g/mol. The normalized spacial score (nSPS) is 19.7. The Bertz CT molecular complexity index is 238. The van der Waals surface area contributed by atoms with Gasteiger partial charge in [-0.15, -0.1) is 0 Å². The van der Waals surface area contributed by atoms with Crippen molar-refractivity contribution in [1.82, 2.24) is 10.2 Å². The number of likely N-dealkylation sites (tertiary alicyclic amines) is 1. The highest BCUT2D eigenvalue weighted by Gasteiger charge is 2.16. The van der Waals surface area contributed by atoms with Crippen LogP contribution in [0.5, 0.6) is 0 Å². The summed E-state index contributed by atoms with van der Waals surface area (Å²) in [7, 11) is 1.58. The zero-order chi connectivity index (χ0) is 13.4. The Morgan fingerprint density at radius 2 is 2.11 bits per heavy atom. The number of amides is 1. The largest absolute Gasteiger partial charge is 0.380 e. The van der Waals surface area contributed by atoms with Gasteiger partial charge in [-0.3, -0.25) is 4.79 Å². The van der Waals surface area contributed by atoms with Crippen LogP contribution in [0.3, 0.4) is 0 Å². The van der Waals surface area contributed by atoms with Gasteiger partial charge in [-0.2, -0.15) is 0 Å². The van der Waals surface area contributed by atoms with Crippen LogP contribution in [0.15, 0.2) is 0 Å². The summed E-state index contributed by atoms with van der Waals surface area (Å²) < 4.78 is 5.09. The van der Waals surface area contributed by atoms with Crippen molar-refractivity contribution in [2.75, 3.05) is 39.8 Å². The number of hydrogen-bond donors (Lipinski definition) is 2. The highest BCUT2D eigenvalue weighted by molar-refractivity contribution is 5.76. The third kappa shape index (κ3) is 5.80. The Labute approximate surface area is 110 Å². The van der Waals surface area contributed by atoms with Crippen molar-refractivity contribution in [3.63, 3.8) is 0 Å². The van der Waals surface area contributed by atoms with Crippen LogP contribution in [0.2, 0.25) is 0 Å². The summed E-state index contributed by atoms with van der Waals surface area (Å²) in [5, 5.41) is 2.95. The summed E-state index contributed by atoms with van der Waals surface area (Å²) in [5.41, 5.74) is 5.48. The number of methoxy groups -OCH3 is 1. The van der Waals surface area contributed by atoms with Gasteiger partial charge in [0.15, 0.2) is 0 Å². The van der Waals surface area contributed by atoms with Crippen molar-refractivity contribution in [2.24, 2.45) is 11.7 Å². The second-order valence-corrected chi connectivity index (χ2v) is 5.21. The smallest absolute Gasteiger partial charge is 0.222 e. The molecule has 1 aliphatic rings. The lowest BCUT2D eigenvalue weighted by atomic mass is 10.1. The van der Waals surface area contributed by atoms with Crippen LogP contribution in [-0.4, -0.2) is 56.7 Å². The molecular formula is C13H27N3O2. The zero-order valence-electron chi connectivity index (χ0n) is 11.7. The van der Waals surface area contributed by atoms with E-state index in [0.717, 1.165) is 13.1 Å². The van der Waals surface area contributed by atoms with Crippen LogP contribution in [0.25, 0.3) is 0 Å². The lowest BCUT2D eigenvalue weighted by Gasteiger charge is -2.21. The Morgan fingerprint density at radius 1 is 1.44 bits per heavy atom. The highest BCUT2D eigenvalue weighted by atomic mass is 16.5. The number of hydrogen-bond acceptors (Lipinski definition) is 4. The lowest BCUT2D eigenvalue weighted by Crippen LogP contribution is -2.37. The first-order chi connectivity index (χ1) is 8.65. The molecule has 0 aromatic carbocycles. The molecule has 5 heteroatoms. The number of nitrogens with two attached hydrogens (primary N) is 1. The molecule has 0 aromatic rings. The average molecular weight is 257 g/mol. The van der Waals surface area contributed by atoms with E-state index in [1.807, 2.05) is 0 Å². The van der Waals surface area contributed by atoms with Crippen molar-refractivity contribution >= 4 is 5.91 Å². The van der Waals surface area contributed by atoms with Gasteiger partial charge in [0, 0.05) is 26.7 Å². The maximum Gasteiger partial charge on any atom is 0.222 e.